The maximum Gasteiger partial charge on any atom is 0.135 e. The summed E-state index contributed by atoms with van der Waals surface area (Å²) in [7, 11) is 0. The molecule has 0 aromatic carbocycles. The first kappa shape index (κ1) is 22.6. The van der Waals surface area contributed by atoms with E-state index < -0.39 is 5.60 Å². The van der Waals surface area contributed by atoms with Crippen LogP contribution in [0.4, 0.5) is 0 Å². The Kier molecular flexibility index (Phi) is 6.30. The molecule has 2 nitrogen and oxygen atoms in total. The van der Waals surface area contributed by atoms with Crippen molar-refractivity contribution in [2.75, 3.05) is 0 Å². The molecule has 1 N–H and O–H groups in total. The second-order valence-electron chi connectivity index (χ2n) is 12.2. The number of allylic oxidation sites excluding steroid dienone is 1. The zero-order valence-corrected chi connectivity index (χ0v) is 20.3. The maximum absolute atomic E-state index is 12.1. The number of carbonyl (C=O) groups excluding carboxylic acids is 1. The number of hydrogen-bond acceptors (Lipinski definition) is 2. The largest absolute Gasteiger partial charge is 0.390 e. The molecular formula is C28H46O2. The molecule has 0 aromatic heterocycles. The first-order valence-corrected chi connectivity index (χ1v) is 13.1. The summed E-state index contributed by atoms with van der Waals surface area (Å²) in [6.45, 7) is 11.2. The Labute approximate surface area is 185 Å². The van der Waals surface area contributed by atoms with E-state index >= 15 is 0 Å². The fourth-order valence-corrected chi connectivity index (χ4v) is 8.29. The third-order valence-electron chi connectivity index (χ3n) is 10.5. The van der Waals surface area contributed by atoms with Crippen LogP contribution in [0.25, 0.3) is 0 Å². The molecule has 170 valence electrons. The van der Waals surface area contributed by atoms with E-state index in [2.05, 4.69) is 26.8 Å². The molecule has 3 fully saturated rings. The molecule has 8 atom stereocenters. The van der Waals surface area contributed by atoms with Gasteiger partial charge in [-0.15, -0.1) is 0 Å². The highest BCUT2D eigenvalue weighted by Crippen LogP contribution is 2.63. The molecule has 0 saturated heterocycles. The summed E-state index contributed by atoms with van der Waals surface area (Å²) in [4.78, 5) is 12.1. The van der Waals surface area contributed by atoms with Gasteiger partial charge in [0.2, 0.25) is 0 Å². The molecule has 4 rings (SSSR count). The standard InChI is InChI=1S/C28H46O2/c1-6-28(30)16-15-27(5)20(17-28)8-9-24-23-11-10-21(22(23)12-13-25(24)27)19(4)7-14-26(29)18(2)3/h8,18-19,21-25,30H,6-7,9-17H2,1-5H3/t19-,21-,22-,23-,24+,25+,27+,28+/m1/s1. The normalized spacial score (nSPS) is 44.1. The van der Waals surface area contributed by atoms with E-state index in [1.165, 1.54) is 38.5 Å². The summed E-state index contributed by atoms with van der Waals surface area (Å²) < 4.78 is 0. The lowest BCUT2D eigenvalue weighted by Crippen LogP contribution is -2.50. The highest BCUT2D eigenvalue weighted by Gasteiger charge is 2.55. The van der Waals surface area contributed by atoms with Gasteiger partial charge in [0.05, 0.1) is 5.60 Å². The van der Waals surface area contributed by atoms with Crippen molar-refractivity contribution >= 4 is 5.78 Å². The van der Waals surface area contributed by atoms with Crippen LogP contribution in [0.1, 0.15) is 105 Å². The van der Waals surface area contributed by atoms with Crippen LogP contribution < -0.4 is 0 Å². The van der Waals surface area contributed by atoms with E-state index in [1.807, 2.05) is 13.8 Å². The van der Waals surface area contributed by atoms with Gasteiger partial charge in [0.25, 0.3) is 0 Å². The summed E-state index contributed by atoms with van der Waals surface area (Å²) >= 11 is 0. The van der Waals surface area contributed by atoms with E-state index in [1.54, 1.807) is 5.57 Å². The molecule has 4 aliphatic carbocycles. The molecule has 2 heteroatoms. The summed E-state index contributed by atoms with van der Waals surface area (Å²) in [5, 5.41) is 10.9. The Morgan fingerprint density at radius 3 is 2.53 bits per heavy atom. The summed E-state index contributed by atoms with van der Waals surface area (Å²) in [6.07, 6.45) is 15.3. The van der Waals surface area contributed by atoms with Crippen molar-refractivity contribution in [2.45, 2.75) is 111 Å². The first-order valence-electron chi connectivity index (χ1n) is 13.1. The van der Waals surface area contributed by atoms with Crippen LogP contribution in [0.3, 0.4) is 0 Å². The van der Waals surface area contributed by atoms with Crippen molar-refractivity contribution < 1.29 is 9.90 Å². The van der Waals surface area contributed by atoms with Crippen LogP contribution >= 0.6 is 0 Å². The summed E-state index contributed by atoms with van der Waals surface area (Å²) in [5.41, 5.74) is 1.48. The number of fused-ring (bicyclic) bond motifs is 5. The molecule has 4 aliphatic rings. The van der Waals surface area contributed by atoms with Crippen molar-refractivity contribution in [3.05, 3.63) is 11.6 Å². The Balaban J connectivity index is 1.45. The van der Waals surface area contributed by atoms with Gasteiger partial charge in [-0.1, -0.05) is 46.3 Å². The Morgan fingerprint density at radius 2 is 1.83 bits per heavy atom. The first-order chi connectivity index (χ1) is 14.2. The van der Waals surface area contributed by atoms with Gasteiger partial charge in [-0.3, -0.25) is 4.79 Å². The number of aliphatic hydroxyl groups is 1. The Hall–Kier alpha value is -0.630. The fourth-order valence-electron chi connectivity index (χ4n) is 8.29. The van der Waals surface area contributed by atoms with Crippen molar-refractivity contribution in [1.29, 1.82) is 0 Å². The minimum absolute atomic E-state index is 0.189. The van der Waals surface area contributed by atoms with Crippen LogP contribution in [0, 0.1) is 46.8 Å². The van der Waals surface area contributed by atoms with Gasteiger partial charge < -0.3 is 5.11 Å². The van der Waals surface area contributed by atoms with E-state index in [0.717, 1.165) is 61.7 Å². The van der Waals surface area contributed by atoms with Crippen molar-refractivity contribution in [1.82, 2.24) is 0 Å². The number of ketones is 1. The van der Waals surface area contributed by atoms with Crippen LogP contribution in [0.2, 0.25) is 0 Å². The topological polar surface area (TPSA) is 37.3 Å². The zero-order chi connectivity index (χ0) is 21.7. The molecule has 0 bridgehead atoms. The second kappa shape index (κ2) is 8.38. The minimum atomic E-state index is -0.448. The molecular weight excluding hydrogens is 368 g/mol. The molecule has 0 heterocycles. The smallest absolute Gasteiger partial charge is 0.135 e. The van der Waals surface area contributed by atoms with Crippen LogP contribution in [0.15, 0.2) is 11.6 Å². The van der Waals surface area contributed by atoms with Crippen molar-refractivity contribution in [3.8, 4) is 0 Å². The minimum Gasteiger partial charge on any atom is -0.390 e. The van der Waals surface area contributed by atoms with Gasteiger partial charge in [0.1, 0.15) is 5.78 Å². The lowest BCUT2D eigenvalue weighted by molar-refractivity contribution is -0.122. The van der Waals surface area contributed by atoms with Gasteiger partial charge >= 0.3 is 0 Å². The predicted molar refractivity (Wildman–Crippen MR) is 124 cm³/mol. The van der Waals surface area contributed by atoms with E-state index in [4.69, 9.17) is 0 Å². The van der Waals surface area contributed by atoms with Gasteiger partial charge in [0.15, 0.2) is 0 Å². The highest BCUT2D eigenvalue weighted by atomic mass is 16.3. The fraction of sp³-hybridized carbons (Fsp3) is 0.893. The summed E-state index contributed by atoms with van der Waals surface area (Å²) in [5.74, 6) is 5.65. The average Bonchev–Trinajstić information content (AvgIpc) is 3.16. The van der Waals surface area contributed by atoms with Crippen molar-refractivity contribution in [3.63, 3.8) is 0 Å². The average molecular weight is 415 g/mol. The number of hydrogen-bond donors (Lipinski definition) is 1. The quantitative estimate of drug-likeness (QED) is 0.477. The lowest BCUT2D eigenvalue weighted by Gasteiger charge is -2.57. The zero-order valence-electron chi connectivity index (χ0n) is 20.3. The van der Waals surface area contributed by atoms with E-state index in [-0.39, 0.29) is 5.92 Å². The molecule has 3 saturated carbocycles. The predicted octanol–water partition coefficient (Wildman–Crippen LogP) is 6.96. The monoisotopic (exact) mass is 414 g/mol. The molecule has 0 unspecified atom stereocenters. The number of Topliss-reactive ketones (excluding diaryl/α,β-unsaturated/α-hetero) is 1. The van der Waals surface area contributed by atoms with Gasteiger partial charge in [0, 0.05) is 12.3 Å². The molecule has 0 aliphatic heterocycles. The van der Waals surface area contributed by atoms with Crippen LogP contribution in [0.5, 0.6) is 0 Å². The van der Waals surface area contributed by atoms with Gasteiger partial charge in [-0.05, 0) is 105 Å². The van der Waals surface area contributed by atoms with Gasteiger partial charge in [-0.25, -0.2) is 0 Å². The lowest BCUT2D eigenvalue weighted by atomic mass is 9.49. The van der Waals surface area contributed by atoms with Gasteiger partial charge in [-0.2, -0.15) is 0 Å². The Morgan fingerprint density at radius 1 is 1.10 bits per heavy atom. The second-order valence-corrected chi connectivity index (χ2v) is 12.2. The maximum atomic E-state index is 12.1. The third kappa shape index (κ3) is 3.84. The molecule has 0 aromatic rings. The number of rotatable bonds is 6. The number of carbonyl (C=O) groups is 1. The summed E-state index contributed by atoms with van der Waals surface area (Å²) in [6, 6.07) is 0. The van der Waals surface area contributed by atoms with Crippen LogP contribution in [-0.4, -0.2) is 16.5 Å². The molecule has 30 heavy (non-hydrogen) atoms. The van der Waals surface area contributed by atoms with E-state index in [9.17, 15) is 9.90 Å². The molecule has 0 radical (unpaired) electrons. The molecule has 0 spiro atoms. The SMILES string of the molecule is CC[C@]1(O)CC[C@@]2(C)C(=CC[C@H]3[C@@H]4CC[C@H]([C@H](C)CCC(=O)C(C)C)[C@H]4CC[C@@H]32)C1. The highest BCUT2D eigenvalue weighted by molar-refractivity contribution is 5.80. The molecule has 0 amide bonds. The van der Waals surface area contributed by atoms with E-state index in [0.29, 0.717) is 17.1 Å². The third-order valence-corrected chi connectivity index (χ3v) is 10.5. The Bertz CT molecular complexity index is 678. The van der Waals surface area contributed by atoms with Crippen molar-refractivity contribution in [2.24, 2.45) is 46.8 Å². The van der Waals surface area contributed by atoms with Crippen LogP contribution in [-0.2, 0) is 4.79 Å².